The second-order valence-electron chi connectivity index (χ2n) is 8.09. The summed E-state index contributed by atoms with van der Waals surface area (Å²) < 4.78 is 64.9. The van der Waals surface area contributed by atoms with Gasteiger partial charge in [-0.3, -0.25) is 19.3 Å². The maximum absolute atomic E-state index is 13.8. The zero-order chi connectivity index (χ0) is 28.1. The highest BCUT2D eigenvalue weighted by Gasteiger charge is 2.36. The number of ether oxygens (including phenoxy) is 2. The minimum atomic E-state index is -1.76. The molecule has 0 bridgehead atoms. The van der Waals surface area contributed by atoms with Crippen LogP contribution in [0.4, 0.5) is 28.0 Å². The molecular weight excluding hydrogens is 540 g/mol. The van der Waals surface area contributed by atoms with E-state index in [-0.39, 0.29) is 17.3 Å². The number of imide groups is 1. The molecule has 3 amide bonds. The summed E-state index contributed by atoms with van der Waals surface area (Å²) in [5.41, 5.74) is 0.617. The molecule has 4 rings (SSSR count). The van der Waals surface area contributed by atoms with E-state index in [2.05, 4.69) is 0 Å². The van der Waals surface area contributed by atoms with Crippen LogP contribution in [0.5, 0.6) is 11.5 Å². The number of nitrogens with zero attached hydrogens (tertiary/aromatic N) is 1. The van der Waals surface area contributed by atoms with Crippen molar-refractivity contribution < 1.29 is 41.4 Å². The lowest BCUT2D eigenvalue weighted by molar-refractivity contribution is -0.127. The van der Waals surface area contributed by atoms with Crippen LogP contribution in [0.1, 0.15) is 18.1 Å². The van der Waals surface area contributed by atoms with Crippen LogP contribution in [0.2, 0.25) is 0 Å². The summed E-state index contributed by atoms with van der Waals surface area (Å²) in [6.45, 7) is 1.50. The van der Waals surface area contributed by atoms with Crippen LogP contribution in [-0.4, -0.2) is 35.1 Å². The minimum Gasteiger partial charge on any atom is -0.490 e. The van der Waals surface area contributed by atoms with Gasteiger partial charge in [0, 0.05) is 0 Å². The maximum atomic E-state index is 13.8. The Morgan fingerprint density at radius 1 is 0.949 bits per heavy atom. The second-order valence-corrected chi connectivity index (χ2v) is 9.09. The number of nitrogens with one attached hydrogen (secondary N) is 1. The highest BCUT2D eigenvalue weighted by Crippen LogP contribution is 2.35. The summed E-state index contributed by atoms with van der Waals surface area (Å²) in [6, 6.07) is 12.1. The van der Waals surface area contributed by atoms with Crippen LogP contribution in [-0.2, 0) is 16.2 Å². The van der Waals surface area contributed by atoms with E-state index in [9.17, 15) is 31.9 Å². The number of carbonyl (C=O) groups excluding carboxylic acids is 3. The first-order chi connectivity index (χ1) is 18.7. The molecule has 0 aromatic heterocycles. The molecule has 0 saturated carbocycles. The third-order valence-corrected chi connectivity index (χ3v) is 6.26. The van der Waals surface area contributed by atoms with Crippen LogP contribution < -0.4 is 14.8 Å². The standard InChI is InChI=1S/C27H20F4N2O5S/c1-2-37-21-11-16(5-10-20(21)38-14-15-3-6-17(28)7-4-15)12-22-26(35)33(27(36)39-22)13-23(34)32-19-9-8-18(29)24(30)25(19)31/h3-12H,2,13-14H2,1H3,(H,32,34)/b22-12-. The number of hydrogen-bond acceptors (Lipinski definition) is 6. The zero-order valence-corrected chi connectivity index (χ0v) is 21.1. The first-order valence-electron chi connectivity index (χ1n) is 11.5. The molecule has 3 aromatic carbocycles. The maximum Gasteiger partial charge on any atom is 0.294 e. The first kappa shape index (κ1) is 27.7. The molecule has 3 aromatic rings. The molecule has 1 aliphatic heterocycles. The Morgan fingerprint density at radius 3 is 2.41 bits per heavy atom. The van der Waals surface area contributed by atoms with Gasteiger partial charge in [0.15, 0.2) is 29.0 Å². The number of amides is 3. The Kier molecular flexibility index (Phi) is 8.55. The van der Waals surface area contributed by atoms with Gasteiger partial charge in [-0.25, -0.2) is 17.6 Å². The van der Waals surface area contributed by atoms with E-state index in [4.69, 9.17) is 9.47 Å². The normalized spacial score (nSPS) is 14.2. The molecular formula is C27H20F4N2O5S. The number of carbonyl (C=O) groups is 3. The van der Waals surface area contributed by atoms with Crippen molar-refractivity contribution in [1.29, 1.82) is 0 Å². The van der Waals surface area contributed by atoms with Crippen molar-refractivity contribution in [1.82, 2.24) is 4.90 Å². The average molecular weight is 561 g/mol. The lowest BCUT2D eigenvalue weighted by atomic mass is 10.1. The van der Waals surface area contributed by atoms with Crippen molar-refractivity contribution in [3.05, 3.63) is 93.9 Å². The van der Waals surface area contributed by atoms with Crippen molar-refractivity contribution in [2.45, 2.75) is 13.5 Å². The van der Waals surface area contributed by atoms with Crippen LogP contribution in [0, 0.1) is 23.3 Å². The number of rotatable bonds is 9. The number of thioether (sulfide) groups is 1. The van der Waals surface area contributed by atoms with Gasteiger partial charge in [-0.1, -0.05) is 18.2 Å². The molecule has 7 nitrogen and oxygen atoms in total. The molecule has 1 saturated heterocycles. The molecule has 0 radical (unpaired) electrons. The third kappa shape index (κ3) is 6.58. The van der Waals surface area contributed by atoms with Crippen LogP contribution in [0.25, 0.3) is 6.08 Å². The zero-order valence-electron chi connectivity index (χ0n) is 20.3. The highest BCUT2D eigenvalue weighted by atomic mass is 32.2. The molecule has 1 fully saturated rings. The molecule has 0 spiro atoms. The molecule has 0 aliphatic carbocycles. The summed E-state index contributed by atoms with van der Waals surface area (Å²) in [7, 11) is 0. The average Bonchev–Trinajstić information content (AvgIpc) is 3.17. The van der Waals surface area contributed by atoms with Crippen molar-refractivity contribution in [2.75, 3.05) is 18.5 Å². The largest absolute Gasteiger partial charge is 0.490 e. The SMILES string of the molecule is CCOc1cc(/C=C2\SC(=O)N(CC(=O)Nc3ccc(F)c(F)c3F)C2=O)ccc1OCc1ccc(F)cc1. The minimum absolute atomic E-state index is 0.0224. The van der Waals surface area contributed by atoms with Gasteiger partial charge in [0.2, 0.25) is 5.91 Å². The van der Waals surface area contributed by atoms with E-state index < -0.39 is 46.7 Å². The Bertz CT molecular complexity index is 1460. The summed E-state index contributed by atoms with van der Waals surface area (Å²) in [4.78, 5) is 38.2. The molecule has 0 atom stereocenters. The van der Waals surface area contributed by atoms with Crippen molar-refractivity contribution in [2.24, 2.45) is 0 Å². The van der Waals surface area contributed by atoms with E-state index >= 15 is 0 Å². The predicted molar refractivity (Wildman–Crippen MR) is 136 cm³/mol. The molecule has 1 aliphatic rings. The van der Waals surface area contributed by atoms with Crippen molar-refractivity contribution >= 4 is 40.6 Å². The Hall–Kier alpha value is -4.32. The van der Waals surface area contributed by atoms with Gasteiger partial charge in [0.05, 0.1) is 17.2 Å². The molecule has 1 heterocycles. The lowest BCUT2D eigenvalue weighted by Gasteiger charge is -2.13. The van der Waals surface area contributed by atoms with E-state index in [1.165, 1.54) is 18.2 Å². The van der Waals surface area contributed by atoms with E-state index in [0.717, 1.165) is 11.6 Å². The Labute approximate surface area is 224 Å². The van der Waals surface area contributed by atoms with Gasteiger partial charge in [-0.05, 0) is 72.3 Å². The second kappa shape index (κ2) is 12.0. The molecule has 12 heteroatoms. The number of halogens is 4. The van der Waals surface area contributed by atoms with Gasteiger partial charge in [-0.15, -0.1) is 0 Å². The van der Waals surface area contributed by atoms with Crippen LogP contribution in [0.3, 0.4) is 0 Å². The lowest BCUT2D eigenvalue weighted by Crippen LogP contribution is -2.36. The topological polar surface area (TPSA) is 84.9 Å². The van der Waals surface area contributed by atoms with Gasteiger partial charge in [-0.2, -0.15) is 0 Å². The summed E-state index contributed by atoms with van der Waals surface area (Å²) in [5, 5.41) is 1.28. The number of anilines is 1. The quantitative estimate of drug-likeness (QED) is 0.200. The number of hydrogen-bond donors (Lipinski definition) is 1. The summed E-state index contributed by atoms with van der Waals surface area (Å²) in [6.07, 6.45) is 1.43. The third-order valence-electron chi connectivity index (χ3n) is 5.36. The van der Waals surface area contributed by atoms with Crippen molar-refractivity contribution in [3.8, 4) is 11.5 Å². The number of benzene rings is 3. The van der Waals surface area contributed by atoms with Crippen LogP contribution >= 0.6 is 11.8 Å². The van der Waals surface area contributed by atoms with E-state index in [0.29, 0.717) is 46.4 Å². The van der Waals surface area contributed by atoms with Crippen LogP contribution in [0.15, 0.2) is 59.5 Å². The molecule has 1 N–H and O–H groups in total. The fourth-order valence-electron chi connectivity index (χ4n) is 3.49. The molecule has 202 valence electrons. The van der Waals surface area contributed by atoms with E-state index in [1.54, 1.807) is 37.3 Å². The van der Waals surface area contributed by atoms with Gasteiger partial charge in [0.25, 0.3) is 11.1 Å². The fraction of sp³-hybridized carbons (Fsp3) is 0.148. The first-order valence-corrected chi connectivity index (χ1v) is 12.3. The summed E-state index contributed by atoms with van der Waals surface area (Å²) in [5.74, 6) is -6.12. The summed E-state index contributed by atoms with van der Waals surface area (Å²) >= 11 is 0.597. The van der Waals surface area contributed by atoms with E-state index in [1.807, 2.05) is 5.32 Å². The van der Waals surface area contributed by atoms with Gasteiger partial charge < -0.3 is 14.8 Å². The van der Waals surface area contributed by atoms with Gasteiger partial charge in [0.1, 0.15) is 19.0 Å². The van der Waals surface area contributed by atoms with Gasteiger partial charge >= 0.3 is 0 Å². The molecule has 39 heavy (non-hydrogen) atoms. The predicted octanol–water partition coefficient (Wildman–Crippen LogP) is 5.90. The highest BCUT2D eigenvalue weighted by molar-refractivity contribution is 8.18. The fourth-order valence-corrected chi connectivity index (χ4v) is 4.33. The monoisotopic (exact) mass is 560 g/mol. The Balaban J connectivity index is 1.45. The Morgan fingerprint density at radius 2 is 1.69 bits per heavy atom. The molecule has 0 unspecified atom stereocenters. The van der Waals surface area contributed by atoms with Crippen molar-refractivity contribution in [3.63, 3.8) is 0 Å². The smallest absolute Gasteiger partial charge is 0.294 e.